The van der Waals surface area contributed by atoms with Crippen LogP contribution in [0.5, 0.6) is 5.75 Å². The Morgan fingerprint density at radius 2 is 1.74 bits per heavy atom. The molecule has 0 bridgehead atoms. The molecule has 0 saturated carbocycles. The van der Waals surface area contributed by atoms with Crippen molar-refractivity contribution in [2.24, 2.45) is 0 Å². The van der Waals surface area contributed by atoms with Crippen molar-refractivity contribution in [2.75, 3.05) is 6.61 Å². The third-order valence-electron chi connectivity index (χ3n) is 4.15. The van der Waals surface area contributed by atoms with Gasteiger partial charge in [-0.1, -0.05) is 50.3 Å². The monoisotopic (exact) mass is 363 g/mol. The van der Waals surface area contributed by atoms with Crippen LogP contribution in [0.1, 0.15) is 38.2 Å². The molecule has 1 unspecified atom stereocenters. The lowest BCUT2D eigenvalue weighted by Crippen LogP contribution is -2.18. The van der Waals surface area contributed by atoms with Crippen LogP contribution in [-0.2, 0) is 9.53 Å². The zero-order valence-electron chi connectivity index (χ0n) is 15.7. The molecular formula is C23H25NO3. The van der Waals surface area contributed by atoms with E-state index in [2.05, 4.69) is 19.6 Å². The molecule has 0 radical (unpaired) electrons. The molecule has 2 aromatic carbocycles. The number of ether oxygens (including phenoxy) is 2. The Morgan fingerprint density at radius 3 is 2.30 bits per heavy atom. The molecule has 0 N–H and O–H groups in total. The molecule has 0 aliphatic rings. The van der Waals surface area contributed by atoms with Crippen LogP contribution in [0.2, 0.25) is 0 Å². The molecule has 0 spiro atoms. The molecule has 2 aromatic rings. The average molecular weight is 363 g/mol. The molecule has 0 heterocycles. The van der Waals surface area contributed by atoms with Gasteiger partial charge in [-0.15, -0.1) is 0 Å². The Hall–Kier alpha value is -3.06. The Labute approximate surface area is 161 Å². The predicted octanol–water partition coefficient (Wildman–Crippen LogP) is 5.28. The van der Waals surface area contributed by atoms with Gasteiger partial charge in [0.2, 0.25) is 0 Å². The highest BCUT2D eigenvalue weighted by Gasteiger charge is 2.13. The summed E-state index contributed by atoms with van der Waals surface area (Å²) >= 11 is 0. The zero-order chi connectivity index (χ0) is 19.5. The van der Waals surface area contributed by atoms with Crippen molar-refractivity contribution in [1.29, 1.82) is 5.26 Å². The van der Waals surface area contributed by atoms with E-state index in [1.165, 1.54) is 0 Å². The first-order valence-corrected chi connectivity index (χ1v) is 9.20. The number of rotatable bonds is 10. The number of esters is 1. The van der Waals surface area contributed by atoms with Crippen molar-refractivity contribution in [3.05, 3.63) is 66.7 Å². The Balaban J connectivity index is 1.96. The first-order chi connectivity index (χ1) is 13.2. The smallest absolute Gasteiger partial charge is 0.306 e. The van der Waals surface area contributed by atoms with Gasteiger partial charge in [0.25, 0.3) is 0 Å². The number of carbonyl (C=O) groups excluding carboxylic acids is 1. The van der Waals surface area contributed by atoms with E-state index in [9.17, 15) is 4.79 Å². The number of hydrogen-bond acceptors (Lipinski definition) is 4. The Kier molecular flexibility index (Phi) is 8.12. The quantitative estimate of drug-likeness (QED) is 0.425. The van der Waals surface area contributed by atoms with E-state index >= 15 is 0 Å². The molecule has 0 amide bonds. The highest BCUT2D eigenvalue weighted by Crippen LogP contribution is 2.24. The topological polar surface area (TPSA) is 59.3 Å². The molecule has 0 fully saturated rings. The van der Waals surface area contributed by atoms with E-state index in [1.807, 2.05) is 48.5 Å². The minimum atomic E-state index is -0.226. The van der Waals surface area contributed by atoms with Gasteiger partial charge in [-0.2, -0.15) is 5.26 Å². The number of carbonyl (C=O) groups is 1. The second kappa shape index (κ2) is 10.8. The van der Waals surface area contributed by atoms with Crippen molar-refractivity contribution >= 4 is 5.97 Å². The summed E-state index contributed by atoms with van der Waals surface area (Å²) in [7, 11) is 0. The van der Waals surface area contributed by atoms with Crippen molar-refractivity contribution in [2.45, 2.75) is 38.7 Å². The van der Waals surface area contributed by atoms with Gasteiger partial charge in [-0.05, 0) is 48.2 Å². The molecule has 2 rings (SSSR count). The molecule has 0 saturated heterocycles. The minimum absolute atomic E-state index is 0.0213. The summed E-state index contributed by atoms with van der Waals surface area (Å²) in [6, 6.07) is 17.5. The molecular weight excluding hydrogens is 338 g/mol. The third-order valence-corrected chi connectivity index (χ3v) is 4.15. The lowest BCUT2D eigenvalue weighted by atomic mass is 10.0. The van der Waals surface area contributed by atoms with E-state index in [1.54, 1.807) is 6.08 Å². The van der Waals surface area contributed by atoms with Crippen LogP contribution in [0, 0.1) is 11.3 Å². The van der Waals surface area contributed by atoms with Gasteiger partial charge in [0.05, 0.1) is 17.7 Å². The molecule has 4 nitrogen and oxygen atoms in total. The molecule has 0 aromatic heterocycles. The van der Waals surface area contributed by atoms with Gasteiger partial charge >= 0.3 is 5.97 Å². The maximum atomic E-state index is 11.7. The minimum Gasteiger partial charge on any atom is -0.490 e. The van der Waals surface area contributed by atoms with Crippen molar-refractivity contribution < 1.29 is 14.3 Å². The van der Waals surface area contributed by atoms with E-state index in [4.69, 9.17) is 14.7 Å². The first-order valence-electron chi connectivity index (χ1n) is 9.20. The first kappa shape index (κ1) is 20.3. The maximum absolute atomic E-state index is 11.7. The highest BCUT2D eigenvalue weighted by atomic mass is 16.5. The van der Waals surface area contributed by atoms with Crippen LogP contribution in [0.25, 0.3) is 11.1 Å². The Morgan fingerprint density at radius 1 is 1.11 bits per heavy atom. The van der Waals surface area contributed by atoms with E-state index in [-0.39, 0.29) is 18.7 Å². The van der Waals surface area contributed by atoms with Gasteiger partial charge < -0.3 is 9.47 Å². The van der Waals surface area contributed by atoms with Crippen LogP contribution >= 0.6 is 0 Å². The fraction of sp³-hybridized carbons (Fsp3) is 0.304. The van der Waals surface area contributed by atoms with Crippen molar-refractivity contribution in [1.82, 2.24) is 0 Å². The number of hydrogen-bond donors (Lipinski definition) is 0. The molecule has 27 heavy (non-hydrogen) atoms. The van der Waals surface area contributed by atoms with Gasteiger partial charge in [-0.3, -0.25) is 4.79 Å². The number of nitriles is 1. The fourth-order valence-corrected chi connectivity index (χ4v) is 2.74. The van der Waals surface area contributed by atoms with E-state index < -0.39 is 0 Å². The standard InChI is InChI=1S/C23H25NO3/c1-3-5-21(14-15-23(25)26-16-4-2)27-22-12-10-20(11-13-22)19-8-6-18(17-24)7-9-19/h4,6-13,21H,2-3,5,14-16H2,1H3. The number of nitrogens with zero attached hydrogens (tertiary/aromatic N) is 1. The SMILES string of the molecule is C=CCOC(=O)CCC(CCC)Oc1ccc(-c2ccc(C#N)cc2)cc1. The van der Waals surface area contributed by atoms with Gasteiger partial charge in [-0.25, -0.2) is 0 Å². The average Bonchev–Trinajstić information content (AvgIpc) is 2.71. The molecule has 0 aliphatic carbocycles. The second-order valence-electron chi connectivity index (χ2n) is 6.25. The molecule has 1 atom stereocenters. The lowest BCUT2D eigenvalue weighted by molar-refractivity contribution is -0.142. The van der Waals surface area contributed by atoms with Crippen molar-refractivity contribution in [3.8, 4) is 22.9 Å². The molecule has 4 heteroatoms. The normalized spacial score (nSPS) is 11.3. The predicted molar refractivity (Wildman–Crippen MR) is 106 cm³/mol. The van der Waals surface area contributed by atoms with E-state index in [0.717, 1.165) is 29.7 Å². The highest BCUT2D eigenvalue weighted by molar-refractivity contribution is 5.69. The Bertz CT molecular complexity index is 773. The number of benzene rings is 2. The van der Waals surface area contributed by atoms with Gasteiger partial charge in [0.15, 0.2) is 0 Å². The third kappa shape index (κ3) is 6.63. The van der Waals surface area contributed by atoms with Gasteiger partial charge in [0.1, 0.15) is 12.4 Å². The van der Waals surface area contributed by atoms with Gasteiger partial charge in [0, 0.05) is 6.42 Å². The summed E-state index contributed by atoms with van der Waals surface area (Å²) in [5, 5.41) is 8.88. The summed E-state index contributed by atoms with van der Waals surface area (Å²) in [4.78, 5) is 11.7. The second-order valence-corrected chi connectivity index (χ2v) is 6.25. The largest absolute Gasteiger partial charge is 0.490 e. The maximum Gasteiger partial charge on any atom is 0.306 e. The van der Waals surface area contributed by atoms with Crippen LogP contribution < -0.4 is 4.74 Å². The molecule has 140 valence electrons. The molecule has 0 aliphatic heterocycles. The van der Waals surface area contributed by atoms with Crippen LogP contribution in [0.4, 0.5) is 0 Å². The fourth-order valence-electron chi connectivity index (χ4n) is 2.74. The van der Waals surface area contributed by atoms with Crippen molar-refractivity contribution in [3.63, 3.8) is 0 Å². The summed E-state index contributed by atoms with van der Waals surface area (Å²) in [5.74, 6) is 0.557. The van der Waals surface area contributed by atoms with Crippen LogP contribution in [-0.4, -0.2) is 18.7 Å². The summed E-state index contributed by atoms with van der Waals surface area (Å²) < 4.78 is 11.1. The summed E-state index contributed by atoms with van der Waals surface area (Å²) in [6.45, 7) is 5.88. The zero-order valence-corrected chi connectivity index (χ0v) is 15.7. The van der Waals surface area contributed by atoms with Crippen LogP contribution in [0.3, 0.4) is 0 Å². The lowest BCUT2D eigenvalue weighted by Gasteiger charge is -2.18. The summed E-state index contributed by atoms with van der Waals surface area (Å²) in [6.07, 6.45) is 4.37. The van der Waals surface area contributed by atoms with E-state index in [0.29, 0.717) is 18.4 Å². The van der Waals surface area contributed by atoms with Crippen LogP contribution in [0.15, 0.2) is 61.2 Å². The summed E-state index contributed by atoms with van der Waals surface area (Å²) in [5.41, 5.74) is 2.76.